The Bertz CT molecular complexity index is 1390. The predicted molar refractivity (Wildman–Crippen MR) is 130 cm³/mol. The van der Waals surface area contributed by atoms with Crippen LogP contribution in [0, 0.1) is 5.82 Å². The third kappa shape index (κ3) is 4.95. The summed E-state index contributed by atoms with van der Waals surface area (Å²) in [4.78, 5) is 26.2. The highest BCUT2D eigenvalue weighted by molar-refractivity contribution is 7.18. The van der Waals surface area contributed by atoms with Crippen molar-refractivity contribution in [3.8, 4) is 6.01 Å². The van der Waals surface area contributed by atoms with Gasteiger partial charge < -0.3 is 20.4 Å². The van der Waals surface area contributed by atoms with Gasteiger partial charge in [0, 0.05) is 32.1 Å². The number of halogens is 1. The Morgan fingerprint density at radius 2 is 1.91 bits per heavy atom. The van der Waals surface area contributed by atoms with Crippen LogP contribution in [-0.4, -0.2) is 50.1 Å². The molecule has 0 unspecified atom stereocenters. The number of nitrogens with one attached hydrogen (secondary N) is 3. The minimum Gasteiger partial charge on any atom is -0.467 e. The summed E-state index contributed by atoms with van der Waals surface area (Å²) in [5.74, 6) is 1.09. The fourth-order valence-corrected chi connectivity index (χ4v) is 4.46. The van der Waals surface area contributed by atoms with Gasteiger partial charge in [0.2, 0.25) is 0 Å². The Balaban J connectivity index is 1.20. The largest absolute Gasteiger partial charge is 0.467 e. The van der Waals surface area contributed by atoms with Gasteiger partial charge in [-0.25, -0.2) is 14.4 Å². The molecule has 0 saturated heterocycles. The van der Waals surface area contributed by atoms with Crippen molar-refractivity contribution in [3.05, 3.63) is 64.9 Å². The molecule has 0 spiro atoms. The average Bonchev–Trinajstić information content (AvgIpc) is 3.46. The van der Waals surface area contributed by atoms with Crippen LogP contribution in [0.1, 0.15) is 16.5 Å². The number of aromatic amines is 1. The van der Waals surface area contributed by atoms with E-state index >= 15 is 0 Å². The van der Waals surface area contributed by atoms with Crippen LogP contribution in [0.3, 0.4) is 0 Å². The maximum atomic E-state index is 13.9. The number of imidazole rings is 1. The Kier molecular flexibility index (Phi) is 6.54. The Labute approximate surface area is 198 Å². The van der Waals surface area contributed by atoms with Crippen LogP contribution in [0.5, 0.6) is 6.01 Å². The summed E-state index contributed by atoms with van der Waals surface area (Å²) in [6.07, 6.45) is 3.12. The van der Waals surface area contributed by atoms with E-state index < -0.39 is 0 Å². The molecule has 0 amide bonds. The molecule has 0 aliphatic rings. The number of H-pyrrole nitrogens is 1. The third-order valence-corrected chi connectivity index (χ3v) is 6.22. The molecule has 4 aromatic heterocycles. The van der Waals surface area contributed by atoms with E-state index in [9.17, 15) is 4.39 Å². The van der Waals surface area contributed by atoms with Crippen LogP contribution >= 0.6 is 11.3 Å². The fraction of sp³-hybridized carbons (Fsp3) is 0.261. The topological polar surface area (TPSA) is 114 Å². The number of pyridine rings is 1. The maximum Gasteiger partial charge on any atom is 0.319 e. The molecule has 5 aromatic rings. The lowest BCUT2D eigenvalue weighted by molar-refractivity contribution is 0.382. The molecular weight excluding hydrogens is 455 g/mol. The van der Waals surface area contributed by atoms with E-state index in [2.05, 4.69) is 35.6 Å². The summed E-state index contributed by atoms with van der Waals surface area (Å²) in [6.45, 7) is 1.76. The summed E-state index contributed by atoms with van der Waals surface area (Å²) in [6, 6.07) is 11.2. The molecule has 0 radical (unpaired) electrons. The van der Waals surface area contributed by atoms with Crippen molar-refractivity contribution in [2.75, 3.05) is 25.5 Å². The van der Waals surface area contributed by atoms with Gasteiger partial charge in [0.25, 0.3) is 0 Å². The Hall–Kier alpha value is -3.70. The van der Waals surface area contributed by atoms with Crippen LogP contribution in [-0.2, 0) is 19.4 Å². The molecule has 0 aliphatic heterocycles. The van der Waals surface area contributed by atoms with Crippen molar-refractivity contribution in [1.29, 1.82) is 0 Å². The molecule has 34 heavy (non-hydrogen) atoms. The zero-order chi connectivity index (χ0) is 23.3. The molecule has 0 atom stereocenters. The van der Waals surface area contributed by atoms with Gasteiger partial charge in [0.1, 0.15) is 17.2 Å². The van der Waals surface area contributed by atoms with Crippen LogP contribution in [0.4, 0.5) is 10.2 Å². The van der Waals surface area contributed by atoms with Gasteiger partial charge in [-0.1, -0.05) is 23.5 Å². The van der Waals surface area contributed by atoms with Crippen LogP contribution in [0.25, 0.3) is 21.4 Å². The normalized spacial score (nSPS) is 11.4. The number of hydrogen-bond donors (Lipinski definition) is 3. The molecule has 4 heterocycles. The molecule has 11 heteroatoms. The predicted octanol–water partition coefficient (Wildman–Crippen LogP) is 3.49. The minimum atomic E-state index is -0.375. The fourth-order valence-electron chi connectivity index (χ4n) is 3.53. The first-order chi connectivity index (χ1) is 16.7. The lowest BCUT2D eigenvalue weighted by Crippen LogP contribution is -2.20. The molecule has 0 saturated carbocycles. The highest BCUT2D eigenvalue weighted by Gasteiger charge is 2.15. The Morgan fingerprint density at radius 3 is 2.76 bits per heavy atom. The first-order valence-electron chi connectivity index (χ1n) is 10.9. The van der Waals surface area contributed by atoms with Crippen molar-refractivity contribution >= 4 is 38.5 Å². The van der Waals surface area contributed by atoms with Gasteiger partial charge in [-0.15, -0.1) is 0 Å². The molecule has 5 rings (SSSR count). The van der Waals surface area contributed by atoms with Crippen molar-refractivity contribution in [2.45, 2.75) is 19.4 Å². The SMILES string of the molecule is COc1nc(NCc2ncccc2F)c2nc(CCNCCc3nc4ccccc4[nH]3)sc2n1. The second-order valence-corrected chi connectivity index (χ2v) is 8.62. The summed E-state index contributed by atoms with van der Waals surface area (Å²) >= 11 is 1.49. The summed E-state index contributed by atoms with van der Waals surface area (Å²) in [5.41, 5.74) is 2.98. The molecule has 0 bridgehead atoms. The smallest absolute Gasteiger partial charge is 0.319 e. The number of nitrogens with zero attached hydrogens (tertiary/aromatic N) is 5. The van der Waals surface area contributed by atoms with Crippen molar-refractivity contribution < 1.29 is 9.13 Å². The van der Waals surface area contributed by atoms with Crippen molar-refractivity contribution in [1.82, 2.24) is 35.2 Å². The molecule has 0 aliphatic carbocycles. The molecule has 9 nitrogen and oxygen atoms in total. The van der Waals surface area contributed by atoms with Crippen LogP contribution < -0.4 is 15.4 Å². The monoisotopic (exact) mass is 478 g/mol. The number of aromatic nitrogens is 6. The molecule has 174 valence electrons. The van der Waals surface area contributed by atoms with Gasteiger partial charge >= 0.3 is 6.01 Å². The van der Waals surface area contributed by atoms with E-state index in [1.807, 2.05) is 24.3 Å². The second-order valence-electron chi connectivity index (χ2n) is 7.56. The van der Waals surface area contributed by atoms with E-state index in [4.69, 9.17) is 9.72 Å². The lowest BCUT2D eigenvalue weighted by Gasteiger charge is -2.07. The highest BCUT2D eigenvalue weighted by atomic mass is 32.1. The maximum absolute atomic E-state index is 13.9. The molecule has 3 N–H and O–H groups in total. The number of rotatable bonds is 10. The molecule has 0 fully saturated rings. The van der Waals surface area contributed by atoms with Gasteiger partial charge in [-0.2, -0.15) is 9.97 Å². The number of ether oxygens (including phenoxy) is 1. The third-order valence-electron chi connectivity index (χ3n) is 5.22. The number of fused-ring (bicyclic) bond motifs is 2. The zero-order valence-corrected chi connectivity index (χ0v) is 19.3. The summed E-state index contributed by atoms with van der Waals surface area (Å²) < 4.78 is 19.2. The number of thiazole rings is 1. The number of benzene rings is 1. The second kappa shape index (κ2) is 10.1. The first-order valence-corrected chi connectivity index (χ1v) is 11.7. The quantitative estimate of drug-likeness (QED) is 0.262. The number of para-hydroxylation sites is 2. The minimum absolute atomic E-state index is 0.179. The Morgan fingerprint density at radius 1 is 1.03 bits per heavy atom. The molecule has 1 aromatic carbocycles. The summed E-state index contributed by atoms with van der Waals surface area (Å²) in [7, 11) is 1.51. The van der Waals surface area contributed by atoms with E-state index in [0.29, 0.717) is 21.9 Å². The lowest BCUT2D eigenvalue weighted by atomic mass is 10.3. The highest BCUT2D eigenvalue weighted by Crippen LogP contribution is 2.28. The van der Waals surface area contributed by atoms with E-state index in [1.165, 1.54) is 24.5 Å². The number of methoxy groups -OCH3 is 1. The van der Waals surface area contributed by atoms with E-state index in [1.54, 1.807) is 12.3 Å². The van der Waals surface area contributed by atoms with E-state index in [-0.39, 0.29) is 18.4 Å². The number of hydrogen-bond acceptors (Lipinski definition) is 9. The number of anilines is 1. The standard InChI is InChI=1S/C23H23FN8OS/c1-33-23-31-21(27-13-17-14(24)5-4-10-26-17)20-22(32-23)34-19(30-20)9-12-25-11-8-18-28-15-6-2-3-7-16(15)29-18/h2-7,10,25H,8-9,11-13H2,1H3,(H,28,29)(H,27,31,32). The van der Waals surface area contributed by atoms with Gasteiger partial charge in [-0.3, -0.25) is 4.98 Å². The van der Waals surface area contributed by atoms with Crippen molar-refractivity contribution in [3.63, 3.8) is 0 Å². The van der Waals surface area contributed by atoms with Gasteiger partial charge in [0.15, 0.2) is 10.6 Å². The van der Waals surface area contributed by atoms with Crippen LogP contribution in [0.2, 0.25) is 0 Å². The average molecular weight is 479 g/mol. The molecular formula is C23H23FN8OS. The van der Waals surface area contributed by atoms with Gasteiger partial charge in [0.05, 0.1) is 35.4 Å². The zero-order valence-electron chi connectivity index (χ0n) is 18.5. The first kappa shape index (κ1) is 22.1. The van der Waals surface area contributed by atoms with Gasteiger partial charge in [-0.05, 0) is 24.3 Å². The van der Waals surface area contributed by atoms with Crippen LogP contribution in [0.15, 0.2) is 42.6 Å². The van der Waals surface area contributed by atoms with Crippen molar-refractivity contribution in [2.24, 2.45) is 0 Å². The summed E-state index contributed by atoms with van der Waals surface area (Å²) in [5, 5.41) is 7.50. The van der Waals surface area contributed by atoms with E-state index in [0.717, 1.165) is 47.8 Å².